The van der Waals surface area contributed by atoms with Gasteiger partial charge in [-0.2, -0.15) is 0 Å². The van der Waals surface area contributed by atoms with Gasteiger partial charge >= 0.3 is 0 Å². The Morgan fingerprint density at radius 2 is 1.83 bits per heavy atom. The number of piperazine rings is 1. The fraction of sp³-hybridized carbons (Fsp3) is 0.333. The van der Waals surface area contributed by atoms with E-state index >= 15 is 0 Å². The number of carbonyl (C=O) groups excluding carboxylic acids is 1. The van der Waals surface area contributed by atoms with E-state index in [4.69, 9.17) is 4.98 Å². The number of carbonyl (C=O) groups is 1. The Bertz CT molecular complexity index is 1040. The summed E-state index contributed by atoms with van der Waals surface area (Å²) in [6, 6.07) is 14.0. The molecule has 1 fully saturated rings. The van der Waals surface area contributed by atoms with Crippen LogP contribution in [0.3, 0.4) is 0 Å². The Balaban J connectivity index is 1.56. The maximum Gasteiger partial charge on any atom is 0.252 e. The van der Waals surface area contributed by atoms with Crippen LogP contribution in [0.2, 0.25) is 0 Å². The number of pyridine rings is 1. The average molecular weight is 407 g/mol. The van der Waals surface area contributed by atoms with E-state index in [-0.39, 0.29) is 11.7 Å². The first kappa shape index (κ1) is 20.4. The molecule has 0 unspecified atom stereocenters. The second-order valence-electron chi connectivity index (χ2n) is 7.92. The summed E-state index contributed by atoms with van der Waals surface area (Å²) >= 11 is 0. The van der Waals surface area contributed by atoms with Gasteiger partial charge in [0, 0.05) is 55.9 Å². The molecular formula is C24H27FN4O. The van der Waals surface area contributed by atoms with Crippen LogP contribution in [-0.4, -0.2) is 67.0 Å². The van der Waals surface area contributed by atoms with E-state index in [1.165, 1.54) is 12.1 Å². The molecule has 1 aliphatic rings. The van der Waals surface area contributed by atoms with Crippen molar-refractivity contribution in [2.24, 2.45) is 0 Å². The summed E-state index contributed by atoms with van der Waals surface area (Å²) in [6.07, 6.45) is 0. The van der Waals surface area contributed by atoms with Crippen LogP contribution in [0.4, 0.5) is 4.39 Å². The van der Waals surface area contributed by atoms with Gasteiger partial charge in [0.15, 0.2) is 0 Å². The number of fused-ring (bicyclic) bond motifs is 1. The fourth-order valence-corrected chi connectivity index (χ4v) is 3.92. The number of rotatable bonds is 5. The van der Waals surface area contributed by atoms with E-state index in [1.807, 2.05) is 31.2 Å². The minimum Gasteiger partial charge on any atom is -0.351 e. The zero-order valence-corrected chi connectivity index (χ0v) is 17.5. The van der Waals surface area contributed by atoms with Crippen molar-refractivity contribution in [3.63, 3.8) is 0 Å². The quantitative estimate of drug-likeness (QED) is 0.706. The van der Waals surface area contributed by atoms with Crippen LogP contribution >= 0.6 is 0 Å². The molecule has 1 aromatic heterocycles. The number of likely N-dealkylation sites (N-methyl/N-ethyl adjacent to an activating group) is 1. The lowest BCUT2D eigenvalue weighted by Crippen LogP contribution is -2.46. The van der Waals surface area contributed by atoms with Crippen LogP contribution < -0.4 is 5.32 Å². The molecule has 0 bridgehead atoms. The first-order chi connectivity index (χ1) is 14.5. The van der Waals surface area contributed by atoms with E-state index in [2.05, 4.69) is 22.2 Å². The molecule has 2 aromatic carbocycles. The Kier molecular flexibility index (Phi) is 6.06. The van der Waals surface area contributed by atoms with Crippen molar-refractivity contribution in [1.29, 1.82) is 0 Å². The van der Waals surface area contributed by atoms with E-state index in [0.29, 0.717) is 12.1 Å². The molecule has 1 amide bonds. The van der Waals surface area contributed by atoms with Crippen molar-refractivity contribution in [3.05, 3.63) is 65.6 Å². The Morgan fingerprint density at radius 3 is 2.57 bits per heavy atom. The monoisotopic (exact) mass is 406 g/mol. The summed E-state index contributed by atoms with van der Waals surface area (Å²) in [5, 5.41) is 3.88. The zero-order valence-electron chi connectivity index (χ0n) is 17.5. The molecule has 0 spiro atoms. The van der Waals surface area contributed by atoms with Gasteiger partial charge in [0.05, 0.1) is 11.1 Å². The number of nitrogens with zero attached hydrogens (tertiary/aromatic N) is 3. The van der Waals surface area contributed by atoms with Crippen molar-refractivity contribution < 1.29 is 9.18 Å². The van der Waals surface area contributed by atoms with E-state index in [1.54, 1.807) is 12.1 Å². The molecular weight excluding hydrogens is 379 g/mol. The predicted octanol–water partition coefficient (Wildman–Crippen LogP) is 3.33. The van der Waals surface area contributed by atoms with Crippen LogP contribution in [0.15, 0.2) is 48.5 Å². The number of para-hydroxylation sites is 1. The largest absolute Gasteiger partial charge is 0.351 e. The number of hydrogen-bond donors (Lipinski definition) is 1. The Hall–Kier alpha value is -2.83. The van der Waals surface area contributed by atoms with Crippen molar-refractivity contribution in [1.82, 2.24) is 20.1 Å². The molecule has 30 heavy (non-hydrogen) atoms. The van der Waals surface area contributed by atoms with Gasteiger partial charge in [-0.25, -0.2) is 4.39 Å². The molecule has 0 saturated carbocycles. The molecule has 156 valence electrons. The molecule has 3 aromatic rings. The van der Waals surface area contributed by atoms with Crippen LogP contribution in [0.1, 0.15) is 16.1 Å². The van der Waals surface area contributed by atoms with Crippen molar-refractivity contribution in [3.8, 4) is 11.1 Å². The van der Waals surface area contributed by atoms with Gasteiger partial charge in [-0.1, -0.05) is 30.3 Å². The topological polar surface area (TPSA) is 48.5 Å². The lowest BCUT2D eigenvalue weighted by Gasteiger charge is -2.32. The smallest absolute Gasteiger partial charge is 0.252 e. The minimum atomic E-state index is -0.274. The van der Waals surface area contributed by atoms with E-state index in [0.717, 1.165) is 60.4 Å². The maximum atomic E-state index is 13.3. The van der Waals surface area contributed by atoms with Crippen molar-refractivity contribution in [2.75, 3.05) is 46.3 Å². The number of hydrogen-bond acceptors (Lipinski definition) is 4. The summed E-state index contributed by atoms with van der Waals surface area (Å²) in [5.41, 5.74) is 3.93. The molecule has 4 rings (SSSR count). The van der Waals surface area contributed by atoms with Gasteiger partial charge in [0.2, 0.25) is 0 Å². The number of aryl methyl sites for hydroxylation is 1. The van der Waals surface area contributed by atoms with Crippen molar-refractivity contribution >= 4 is 16.8 Å². The molecule has 6 heteroatoms. The number of benzene rings is 2. The molecule has 0 atom stereocenters. The number of amides is 1. The summed E-state index contributed by atoms with van der Waals surface area (Å²) in [7, 11) is 2.14. The highest BCUT2D eigenvalue weighted by Gasteiger charge is 2.16. The zero-order chi connectivity index (χ0) is 21.1. The summed E-state index contributed by atoms with van der Waals surface area (Å²) in [5.74, 6) is -0.362. The number of halogens is 1. The average Bonchev–Trinajstić information content (AvgIpc) is 2.75. The SMILES string of the molecule is Cc1cc(C(=O)NCCN2CCN(C)CC2)c2cccc(-c3ccc(F)cc3)c2n1. The van der Waals surface area contributed by atoms with E-state index in [9.17, 15) is 9.18 Å². The second-order valence-corrected chi connectivity index (χ2v) is 7.92. The highest BCUT2D eigenvalue weighted by molar-refractivity contribution is 6.09. The molecule has 1 N–H and O–H groups in total. The third kappa shape index (κ3) is 4.50. The first-order valence-corrected chi connectivity index (χ1v) is 10.4. The summed E-state index contributed by atoms with van der Waals surface area (Å²) in [4.78, 5) is 22.4. The predicted molar refractivity (Wildman–Crippen MR) is 118 cm³/mol. The highest BCUT2D eigenvalue weighted by atomic mass is 19.1. The van der Waals surface area contributed by atoms with Gasteiger partial charge in [0.1, 0.15) is 5.82 Å². The van der Waals surface area contributed by atoms with Gasteiger partial charge in [-0.15, -0.1) is 0 Å². The van der Waals surface area contributed by atoms with Crippen LogP contribution in [-0.2, 0) is 0 Å². The Labute approximate surface area is 176 Å². The number of aromatic nitrogens is 1. The van der Waals surface area contributed by atoms with Crippen LogP contribution in [0, 0.1) is 12.7 Å². The summed E-state index contributed by atoms with van der Waals surface area (Å²) < 4.78 is 13.3. The third-order valence-electron chi connectivity index (χ3n) is 5.68. The fourth-order valence-electron chi connectivity index (χ4n) is 3.92. The molecule has 0 radical (unpaired) electrons. The van der Waals surface area contributed by atoms with E-state index < -0.39 is 0 Å². The van der Waals surface area contributed by atoms with Crippen LogP contribution in [0.25, 0.3) is 22.0 Å². The highest BCUT2D eigenvalue weighted by Crippen LogP contribution is 2.29. The molecule has 5 nitrogen and oxygen atoms in total. The Morgan fingerprint density at radius 1 is 1.10 bits per heavy atom. The number of nitrogens with one attached hydrogen (secondary N) is 1. The molecule has 0 aliphatic carbocycles. The van der Waals surface area contributed by atoms with Crippen molar-refractivity contribution in [2.45, 2.75) is 6.92 Å². The normalized spacial score (nSPS) is 15.4. The standard InChI is InChI=1S/C24H27FN4O/c1-17-16-22(24(30)26-10-11-29-14-12-28(2)13-15-29)21-5-3-4-20(23(21)27-17)18-6-8-19(25)9-7-18/h3-9,16H,10-15H2,1-2H3,(H,26,30). The lowest BCUT2D eigenvalue weighted by molar-refractivity contribution is 0.0942. The third-order valence-corrected chi connectivity index (χ3v) is 5.68. The lowest BCUT2D eigenvalue weighted by atomic mass is 9.98. The van der Waals surface area contributed by atoms with Gasteiger partial charge in [0.25, 0.3) is 5.91 Å². The van der Waals surface area contributed by atoms with Gasteiger partial charge < -0.3 is 10.2 Å². The molecule has 1 aliphatic heterocycles. The van der Waals surface area contributed by atoms with Gasteiger partial charge in [-0.3, -0.25) is 14.7 Å². The summed E-state index contributed by atoms with van der Waals surface area (Å²) in [6.45, 7) is 7.55. The van der Waals surface area contributed by atoms with Gasteiger partial charge in [-0.05, 0) is 37.7 Å². The minimum absolute atomic E-state index is 0.0871. The first-order valence-electron chi connectivity index (χ1n) is 10.4. The molecule has 1 saturated heterocycles. The second kappa shape index (κ2) is 8.90. The molecule has 2 heterocycles. The van der Waals surface area contributed by atoms with Crippen LogP contribution in [0.5, 0.6) is 0 Å². The maximum absolute atomic E-state index is 13.3.